The number of ketones is 1. The number of amides is 4. The minimum Gasteiger partial charge on any atom is -0.497 e. The summed E-state index contributed by atoms with van der Waals surface area (Å²) in [5.74, 6) is -2.21. The number of carbonyl (C=O) groups is 6. The Morgan fingerprint density at radius 2 is 1.37 bits per heavy atom. The highest BCUT2D eigenvalue weighted by molar-refractivity contribution is 7.89. The van der Waals surface area contributed by atoms with Crippen LogP contribution in [0.15, 0.2) is 132 Å². The first-order valence-corrected chi connectivity index (χ1v) is 30.3. The maximum Gasteiger partial charge on any atom is 0.329 e. The van der Waals surface area contributed by atoms with Gasteiger partial charge in [0.25, 0.3) is 5.91 Å². The molecule has 0 aromatic heterocycles. The van der Waals surface area contributed by atoms with Crippen LogP contribution in [-0.2, 0) is 62.8 Å². The Hall–Kier alpha value is -7.61. The second-order valence-corrected chi connectivity index (χ2v) is 24.2. The van der Waals surface area contributed by atoms with Gasteiger partial charge in [0.1, 0.15) is 23.9 Å². The predicted molar refractivity (Wildman–Crippen MR) is 321 cm³/mol. The van der Waals surface area contributed by atoms with Gasteiger partial charge in [-0.3, -0.25) is 24.0 Å². The average molecular weight is 1170 g/mol. The van der Waals surface area contributed by atoms with E-state index < -0.39 is 81.2 Å². The van der Waals surface area contributed by atoms with Crippen LogP contribution < -0.4 is 30.2 Å². The number of rotatable bonds is 31. The van der Waals surface area contributed by atoms with Gasteiger partial charge in [-0.15, -0.1) is 0 Å². The van der Waals surface area contributed by atoms with E-state index in [0.717, 1.165) is 16.7 Å². The second-order valence-electron chi connectivity index (χ2n) is 22.3. The number of hydrogen-bond acceptors (Lipinski definition) is 13. The van der Waals surface area contributed by atoms with Gasteiger partial charge in [0, 0.05) is 50.0 Å². The van der Waals surface area contributed by atoms with Crippen LogP contribution in [0.25, 0.3) is 0 Å². The van der Waals surface area contributed by atoms with Gasteiger partial charge in [-0.05, 0) is 128 Å². The number of sulfonamides is 1. The van der Waals surface area contributed by atoms with Gasteiger partial charge in [0.15, 0.2) is 11.5 Å². The molecule has 1 aliphatic heterocycles. The maximum atomic E-state index is 14.5. The molecule has 18 nitrogen and oxygen atoms in total. The standard InChI is InChI=1S/C65H83N5O13S/c1-9-65(4,5)61(74)63(76)70-38-17-16-25-54(70)64(77)83-56(34-27-47-28-35-57(81-7)58(40-47)82-8)48-23-18-24-49(41-48)66-59(72)36-37-60(73)67-53(39-46-21-14-11-15-22-46)62(75)68-52(33-26-45-19-12-10-13-20-45)55(71)43-69(42-44(2)3)84(78,79)51-31-29-50(80-6)30-32-51/h10-15,18-24,28-32,35,40-41,44,52-56,71H,9,16-17,25-27,33-34,36-39,42-43H2,1-8H3,(H,66,72)(H,67,73)(H,68,75)/t52-,53?,54+,55+,56-/m1/s1. The van der Waals surface area contributed by atoms with Crippen molar-refractivity contribution < 1.29 is 61.2 Å². The lowest BCUT2D eigenvalue weighted by Crippen LogP contribution is -2.55. The lowest BCUT2D eigenvalue weighted by molar-refractivity contribution is -0.164. The van der Waals surface area contributed by atoms with E-state index in [0.29, 0.717) is 67.0 Å². The largest absolute Gasteiger partial charge is 0.497 e. The van der Waals surface area contributed by atoms with Crippen LogP contribution in [0, 0.1) is 11.3 Å². The molecule has 1 saturated heterocycles. The number of esters is 1. The molecule has 1 aliphatic rings. The van der Waals surface area contributed by atoms with Gasteiger partial charge < -0.3 is 44.9 Å². The van der Waals surface area contributed by atoms with E-state index >= 15 is 0 Å². The molecule has 452 valence electrons. The normalized spacial score (nSPS) is 15.0. The number of hydrogen-bond donors (Lipinski definition) is 4. The lowest BCUT2D eigenvalue weighted by atomic mass is 9.84. The van der Waals surface area contributed by atoms with Gasteiger partial charge in [-0.25, -0.2) is 13.2 Å². The van der Waals surface area contributed by atoms with Crippen LogP contribution in [-0.4, -0.2) is 123 Å². The quantitative estimate of drug-likeness (QED) is 0.0241. The fraction of sp³-hybridized carbons (Fsp3) is 0.446. The first-order valence-electron chi connectivity index (χ1n) is 28.8. The molecule has 1 heterocycles. The zero-order valence-electron chi connectivity index (χ0n) is 49.6. The van der Waals surface area contributed by atoms with Crippen molar-refractivity contribution in [1.29, 1.82) is 0 Å². The summed E-state index contributed by atoms with van der Waals surface area (Å²) in [7, 11) is 0.442. The Kier molecular flexibility index (Phi) is 24.4. The van der Waals surface area contributed by atoms with Crippen molar-refractivity contribution in [2.24, 2.45) is 11.3 Å². The fourth-order valence-corrected chi connectivity index (χ4v) is 11.6. The molecular weight excluding hydrogens is 1090 g/mol. The molecule has 0 radical (unpaired) electrons. The number of carbonyl (C=O) groups excluding carboxylic acids is 6. The summed E-state index contributed by atoms with van der Waals surface area (Å²) in [4.78, 5) is 84.8. The Morgan fingerprint density at radius 1 is 0.714 bits per heavy atom. The summed E-state index contributed by atoms with van der Waals surface area (Å²) in [5.41, 5.74) is 2.53. The predicted octanol–water partition coefficient (Wildman–Crippen LogP) is 8.59. The van der Waals surface area contributed by atoms with Crippen molar-refractivity contribution in [3.8, 4) is 17.2 Å². The summed E-state index contributed by atoms with van der Waals surface area (Å²) >= 11 is 0. The number of Topliss-reactive ketones (excluding diaryl/α,β-unsaturated/α-hetero) is 1. The Morgan fingerprint density at radius 3 is 2.01 bits per heavy atom. The van der Waals surface area contributed by atoms with E-state index in [2.05, 4.69) is 16.0 Å². The molecule has 1 unspecified atom stereocenters. The van der Waals surface area contributed by atoms with Crippen molar-refractivity contribution in [3.05, 3.63) is 150 Å². The van der Waals surface area contributed by atoms with E-state index in [4.69, 9.17) is 18.9 Å². The molecule has 5 atom stereocenters. The minimum atomic E-state index is -4.12. The summed E-state index contributed by atoms with van der Waals surface area (Å²) in [5, 5.41) is 20.7. The molecule has 0 bridgehead atoms. The maximum absolute atomic E-state index is 14.5. The van der Waals surface area contributed by atoms with Crippen LogP contribution in [0.2, 0.25) is 0 Å². The van der Waals surface area contributed by atoms with Crippen LogP contribution in [0.1, 0.15) is 114 Å². The first-order chi connectivity index (χ1) is 40.1. The molecule has 0 spiro atoms. The molecule has 84 heavy (non-hydrogen) atoms. The number of aliphatic hydroxyl groups excluding tert-OH is 1. The van der Waals surface area contributed by atoms with Gasteiger partial charge in [0.05, 0.1) is 38.4 Å². The Labute approximate surface area is 495 Å². The van der Waals surface area contributed by atoms with Gasteiger partial charge >= 0.3 is 5.97 Å². The smallest absolute Gasteiger partial charge is 0.329 e. The Balaban J connectivity index is 1.17. The number of benzene rings is 5. The van der Waals surface area contributed by atoms with Crippen molar-refractivity contribution in [2.75, 3.05) is 46.3 Å². The fourth-order valence-electron chi connectivity index (χ4n) is 9.96. The number of ether oxygens (including phenoxy) is 4. The third-order valence-corrected chi connectivity index (χ3v) is 17.1. The van der Waals surface area contributed by atoms with Crippen molar-refractivity contribution in [2.45, 2.75) is 140 Å². The van der Waals surface area contributed by atoms with E-state index in [1.807, 2.05) is 81.4 Å². The Bertz CT molecular complexity index is 3100. The highest BCUT2D eigenvalue weighted by Gasteiger charge is 2.41. The van der Waals surface area contributed by atoms with E-state index in [1.165, 1.54) is 35.6 Å². The second kappa shape index (κ2) is 31.3. The first kappa shape index (κ1) is 65.5. The molecular formula is C65H83N5O13S. The average Bonchev–Trinajstić information content (AvgIpc) is 3.38. The van der Waals surface area contributed by atoms with Gasteiger partial charge in [-0.2, -0.15) is 4.31 Å². The molecule has 0 saturated carbocycles. The molecule has 19 heteroatoms. The highest BCUT2D eigenvalue weighted by Crippen LogP contribution is 2.33. The molecule has 5 aromatic rings. The van der Waals surface area contributed by atoms with Crippen LogP contribution in [0.5, 0.6) is 17.2 Å². The number of methoxy groups -OCH3 is 3. The van der Waals surface area contributed by atoms with Gasteiger partial charge in [0.2, 0.25) is 33.5 Å². The zero-order chi connectivity index (χ0) is 61.0. The van der Waals surface area contributed by atoms with E-state index in [9.17, 15) is 42.3 Å². The number of piperidine rings is 1. The number of anilines is 1. The monoisotopic (exact) mass is 1170 g/mol. The number of aryl methyl sites for hydroxylation is 2. The number of likely N-dealkylation sites (tertiary alicyclic amines) is 1. The minimum absolute atomic E-state index is 0.0177. The summed E-state index contributed by atoms with van der Waals surface area (Å²) in [6, 6.07) is 33.7. The van der Waals surface area contributed by atoms with Crippen LogP contribution >= 0.6 is 0 Å². The summed E-state index contributed by atoms with van der Waals surface area (Å²) in [6.07, 6.45) is 0.654. The summed E-state index contributed by atoms with van der Waals surface area (Å²) in [6.45, 7) is 8.99. The van der Waals surface area contributed by atoms with Crippen molar-refractivity contribution >= 4 is 51.1 Å². The topological polar surface area (TPSA) is 236 Å². The highest BCUT2D eigenvalue weighted by atomic mass is 32.2. The van der Waals surface area contributed by atoms with Crippen molar-refractivity contribution in [3.63, 3.8) is 0 Å². The van der Waals surface area contributed by atoms with E-state index in [-0.39, 0.29) is 62.6 Å². The third-order valence-electron chi connectivity index (χ3n) is 15.2. The molecule has 4 amide bonds. The number of aliphatic hydroxyl groups is 1. The molecule has 1 fully saturated rings. The third kappa shape index (κ3) is 18.7. The number of nitrogens with zero attached hydrogens (tertiary/aromatic N) is 2. The number of nitrogens with one attached hydrogen (secondary N) is 3. The molecule has 6 rings (SSSR count). The molecule has 5 aromatic carbocycles. The molecule has 4 N–H and O–H groups in total. The van der Waals surface area contributed by atoms with Crippen molar-refractivity contribution in [1.82, 2.24) is 19.8 Å². The van der Waals surface area contributed by atoms with Gasteiger partial charge in [-0.1, -0.05) is 113 Å². The van der Waals surface area contributed by atoms with Crippen LogP contribution in [0.3, 0.4) is 0 Å². The SMILES string of the molecule is CCC(C)(C)C(=O)C(=O)N1CCCC[C@H]1C(=O)O[C@H](CCc1ccc(OC)c(OC)c1)c1cccc(NC(=O)CCC(=O)NC(Cc2ccccc2)C(=O)N[C@H](CCc2ccccc2)[C@@H](O)CN(CC(C)C)S(=O)(=O)c2ccc(OC)cc2)c1. The summed E-state index contributed by atoms with van der Waals surface area (Å²) < 4.78 is 52.0. The van der Waals surface area contributed by atoms with Crippen LogP contribution in [0.4, 0.5) is 5.69 Å². The van der Waals surface area contributed by atoms with E-state index in [1.54, 1.807) is 75.6 Å². The molecule has 0 aliphatic carbocycles. The zero-order valence-corrected chi connectivity index (χ0v) is 50.5. The lowest BCUT2D eigenvalue weighted by Gasteiger charge is -2.36.